The lowest BCUT2D eigenvalue weighted by molar-refractivity contribution is 0.0695. The van der Waals surface area contributed by atoms with Gasteiger partial charge in [-0.2, -0.15) is 5.10 Å². The van der Waals surface area contributed by atoms with Gasteiger partial charge in [-0.25, -0.2) is 10.2 Å². The molecule has 1 aliphatic rings. The molecule has 3 aromatic rings. The maximum atomic E-state index is 12.4. The number of rotatable bonds is 5. The van der Waals surface area contributed by atoms with Gasteiger partial charge in [-0.15, -0.1) is 11.3 Å². The molecule has 1 amide bonds. The molecule has 166 valence electrons. The number of nitrogens with one attached hydrogen (secondary N) is 1. The van der Waals surface area contributed by atoms with Gasteiger partial charge in [0.15, 0.2) is 0 Å². The van der Waals surface area contributed by atoms with Gasteiger partial charge in [0.2, 0.25) is 0 Å². The number of thiophene rings is 1. The Kier molecular flexibility index (Phi) is 6.42. The van der Waals surface area contributed by atoms with Gasteiger partial charge in [-0.3, -0.25) is 4.79 Å². The van der Waals surface area contributed by atoms with Gasteiger partial charge >= 0.3 is 5.97 Å². The van der Waals surface area contributed by atoms with E-state index < -0.39 is 11.9 Å². The Morgan fingerprint density at radius 2 is 1.94 bits per heavy atom. The van der Waals surface area contributed by atoms with Gasteiger partial charge < -0.3 is 9.67 Å². The van der Waals surface area contributed by atoms with Crippen molar-refractivity contribution in [2.24, 2.45) is 5.10 Å². The average Bonchev–Trinajstić information content (AvgIpc) is 3.24. The molecule has 0 bridgehead atoms. The van der Waals surface area contributed by atoms with E-state index in [1.54, 1.807) is 23.6 Å². The zero-order valence-corrected chi connectivity index (χ0v) is 19.9. The quantitative estimate of drug-likeness (QED) is 0.350. The van der Waals surface area contributed by atoms with E-state index in [1.807, 2.05) is 24.5 Å². The topological polar surface area (TPSA) is 83.7 Å². The highest BCUT2D eigenvalue weighted by Crippen LogP contribution is 2.38. The van der Waals surface area contributed by atoms with E-state index in [4.69, 9.17) is 23.2 Å². The number of halogens is 2. The molecular weight excluding hydrogens is 469 g/mol. The number of aromatic carboxylic acids is 1. The first kappa shape index (κ1) is 22.6. The second kappa shape index (κ2) is 9.10. The maximum absolute atomic E-state index is 12.4. The number of carbonyl (C=O) groups excluding carboxylic acids is 1. The number of fused-ring (bicyclic) bond motifs is 1. The summed E-state index contributed by atoms with van der Waals surface area (Å²) in [4.78, 5) is 25.6. The molecule has 4 rings (SSSR count). The van der Waals surface area contributed by atoms with Crippen molar-refractivity contribution >= 4 is 52.6 Å². The minimum absolute atomic E-state index is 0.242. The number of hydrazone groups is 1. The standard InChI is InChI=1S/C23H21Cl2N3O3S/c1-12-9-14(11-26-27-21(29)16-8-7-15(24)10-18(16)25)13(2)28(12)22-20(23(30)31)17-5-3-4-6-19(17)32-22/h7-11H,3-6H2,1-2H3,(H,27,29)(H,30,31)/b26-11-. The average molecular weight is 490 g/mol. The van der Waals surface area contributed by atoms with E-state index in [2.05, 4.69) is 10.5 Å². The molecule has 6 nitrogen and oxygen atoms in total. The highest BCUT2D eigenvalue weighted by molar-refractivity contribution is 7.15. The third-order valence-corrected chi connectivity index (χ3v) is 7.41. The van der Waals surface area contributed by atoms with Crippen LogP contribution in [0.4, 0.5) is 0 Å². The second-order valence-electron chi connectivity index (χ2n) is 7.68. The number of hydrogen-bond donors (Lipinski definition) is 2. The number of nitrogens with zero attached hydrogens (tertiary/aromatic N) is 2. The fourth-order valence-electron chi connectivity index (χ4n) is 4.05. The van der Waals surface area contributed by atoms with Crippen LogP contribution in [-0.2, 0) is 12.8 Å². The molecular formula is C23H21Cl2N3O3S. The summed E-state index contributed by atoms with van der Waals surface area (Å²) >= 11 is 13.5. The predicted octanol–water partition coefficient (Wildman–Crippen LogP) is 5.80. The third-order valence-electron chi connectivity index (χ3n) is 5.59. The predicted molar refractivity (Wildman–Crippen MR) is 128 cm³/mol. The second-order valence-corrected chi connectivity index (χ2v) is 9.61. The molecule has 0 unspecified atom stereocenters. The van der Waals surface area contributed by atoms with Crippen LogP contribution in [0.3, 0.4) is 0 Å². The van der Waals surface area contributed by atoms with Crippen LogP contribution in [-0.4, -0.2) is 27.8 Å². The number of benzene rings is 1. The summed E-state index contributed by atoms with van der Waals surface area (Å²) in [5, 5.41) is 15.4. The maximum Gasteiger partial charge on any atom is 0.339 e. The van der Waals surface area contributed by atoms with Gasteiger partial charge in [0.05, 0.1) is 22.4 Å². The Morgan fingerprint density at radius 3 is 2.66 bits per heavy atom. The lowest BCUT2D eigenvalue weighted by Crippen LogP contribution is -2.18. The van der Waals surface area contributed by atoms with Crippen molar-refractivity contribution in [2.45, 2.75) is 39.5 Å². The Morgan fingerprint density at radius 1 is 1.19 bits per heavy atom. The Bertz CT molecular complexity index is 1260. The molecule has 0 saturated heterocycles. The Balaban J connectivity index is 1.62. The summed E-state index contributed by atoms with van der Waals surface area (Å²) in [6.45, 7) is 3.84. The number of carbonyl (C=O) groups is 2. The molecule has 0 atom stereocenters. The van der Waals surface area contributed by atoms with E-state index >= 15 is 0 Å². The molecule has 2 N–H and O–H groups in total. The van der Waals surface area contributed by atoms with Crippen molar-refractivity contribution in [3.63, 3.8) is 0 Å². The fourth-order valence-corrected chi connectivity index (χ4v) is 6.04. The van der Waals surface area contributed by atoms with Crippen molar-refractivity contribution in [1.29, 1.82) is 0 Å². The van der Waals surface area contributed by atoms with Crippen LogP contribution in [0.1, 0.15) is 60.9 Å². The number of carboxylic acids is 1. The smallest absolute Gasteiger partial charge is 0.339 e. The first-order valence-electron chi connectivity index (χ1n) is 10.1. The number of carboxylic acid groups (broad SMARTS) is 1. The molecule has 0 radical (unpaired) electrons. The molecule has 0 spiro atoms. The van der Waals surface area contributed by atoms with Crippen LogP contribution >= 0.6 is 34.5 Å². The molecule has 9 heteroatoms. The van der Waals surface area contributed by atoms with Crippen LogP contribution < -0.4 is 5.43 Å². The van der Waals surface area contributed by atoms with Crippen molar-refractivity contribution < 1.29 is 14.7 Å². The van der Waals surface area contributed by atoms with Gasteiger partial charge in [0.1, 0.15) is 5.00 Å². The fraction of sp³-hybridized carbons (Fsp3) is 0.261. The molecule has 0 fully saturated rings. The first-order valence-corrected chi connectivity index (χ1v) is 11.7. The van der Waals surface area contributed by atoms with Gasteiger partial charge in [-0.1, -0.05) is 23.2 Å². The van der Waals surface area contributed by atoms with E-state index in [9.17, 15) is 14.7 Å². The van der Waals surface area contributed by atoms with Crippen LogP contribution in [0.5, 0.6) is 0 Å². The SMILES string of the molecule is Cc1cc(/C=N\NC(=O)c2ccc(Cl)cc2Cl)c(C)n1-c1sc2c(c1C(=O)O)CCCC2. The van der Waals surface area contributed by atoms with E-state index in [1.165, 1.54) is 17.0 Å². The van der Waals surface area contributed by atoms with Crippen LogP contribution in [0.15, 0.2) is 29.4 Å². The molecule has 0 aliphatic heterocycles. The molecule has 2 aromatic heterocycles. The summed E-state index contributed by atoms with van der Waals surface area (Å²) in [6.07, 6.45) is 5.38. The lowest BCUT2D eigenvalue weighted by Gasteiger charge is -2.11. The van der Waals surface area contributed by atoms with Crippen molar-refractivity contribution in [3.8, 4) is 5.00 Å². The number of hydrogen-bond acceptors (Lipinski definition) is 4. The van der Waals surface area contributed by atoms with E-state index in [-0.39, 0.29) is 10.6 Å². The van der Waals surface area contributed by atoms with E-state index in [0.717, 1.165) is 53.2 Å². The number of aryl methyl sites for hydroxylation is 2. The highest BCUT2D eigenvalue weighted by Gasteiger charge is 2.27. The lowest BCUT2D eigenvalue weighted by atomic mass is 9.95. The summed E-state index contributed by atoms with van der Waals surface area (Å²) in [5.74, 6) is -1.34. The zero-order valence-electron chi connectivity index (χ0n) is 17.5. The minimum atomic E-state index is -0.894. The minimum Gasteiger partial charge on any atom is -0.478 e. The van der Waals surface area contributed by atoms with Gasteiger partial charge in [0.25, 0.3) is 5.91 Å². The van der Waals surface area contributed by atoms with Gasteiger partial charge in [-0.05, 0) is 69.4 Å². The summed E-state index contributed by atoms with van der Waals surface area (Å²) in [5.41, 5.74) is 6.66. The van der Waals surface area contributed by atoms with Crippen LogP contribution in [0, 0.1) is 13.8 Å². The number of aromatic nitrogens is 1. The third kappa shape index (κ3) is 4.20. The molecule has 32 heavy (non-hydrogen) atoms. The first-order chi connectivity index (χ1) is 15.3. The van der Waals surface area contributed by atoms with E-state index in [0.29, 0.717) is 10.6 Å². The highest BCUT2D eigenvalue weighted by atomic mass is 35.5. The summed E-state index contributed by atoms with van der Waals surface area (Å²) in [6, 6.07) is 6.54. The van der Waals surface area contributed by atoms with Crippen LogP contribution in [0.25, 0.3) is 5.00 Å². The molecule has 0 saturated carbocycles. The molecule has 2 heterocycles. The van der Waals surface area contributed by atoms with Crippen molar-refractivity contribution in [2.75, 3.05) is 0 Å². The normalized spacial score (nSPS) is 13.4. The van der Waals surface area contributed by atoms with Crippen molar-refractivity contribution in [1.82, 2.24) is 9.99 Å². The van der Waals surface area contributed by atoms with Gasteiger partial charge in [0, 0.05) is 26.9 Å². The monoisotopic (exact) mass is 489 g/mol. The Labute approximate surface area is 199 Å². The van der Waals surface area contributed by atoms with Crippen LogP contribution in [0.2, 0.25) is 10.0 Å². The van der Waals surface area contributed by atoms with Crippen molar-refractivity contribution in [3.05, 3.63) is 72.8 Å². The summed E-state index contributed by atoms with van der Waals surface area (Å²) in [7, 11) is 0. The summed E-state index contributed by atoms with van der Waals surface area (Å²) < 4.78 is 1.96. The molecule has 1 aromatic carbocycles. The largest absolute Gasteiger partial charge is 0.478 e. The molecule has 1 aliphatic carbocycles. The number of amides is 1. The Hall–Kier alpha value is -2.61. The zero-order chi connectivity index (χ0) is 23.0.